The second-order valence-corrected chi connectivity index (χ2v) is 6.65. The first-order valence-electron chi connectivity index (χ1n) is 7.50. The van der Waals surface area contributed by atoms with Crippen molar-refractivity contribution in [3.05, 3.63) is 57.6 Å². The smallest absolute Gasteiger partial charge is 0.242 e. The molecule has 0 bridgehead atoms. The van der Waals surface area contributed by atoms with Crippen LogP contribution in [0, 0.1) is 6.92 Å². The summed E-state index contributed by atoms with van der Waals surface area (Å²) in [5.74, 6) is -0.0256. The third kappa shape index (κ3) is 3.65. The number of anilines is 1. The molecule has 0 radical (unpaired) electrons. The Labute approximate surface area is 149 Å². The minimum absolute atomic E-state index is 0.144. The van der Waals surface area contributed by atoms with E-state index in [0.29, 0.717) is 27.7 Å². The first-order valence-corrected chi connectivity index (χ1v) is 8.26. The van der Waals surface area contributed by atoms with Gasteiger partial charge >= 0.3 is 0 Å². The van der Waals surface area contributed by atoms with Crippen LogP contribution in [0.15, 0.2) is 36.4 Å². The molecule has 1 amide bonds. The molecule has 0 spiro atoms. The van der Waals surface area contributed by atoms with Gasteiger partial charge in [0.1, 0.15) is 11.8 Å². The van der Waals surface area contributed by atoms with E-state index in [-0.39, 0.29) is 17.7 Å². The molecule has 1 aliphatic heterocycles. The summed E-state index contributed by atoms with van der Waals surface area (Å²) in [4.78, 5) is 12.5. The van der Waals surface area contributed by atoms with Crippen LogP contribution in [0.25, 0.3) is 0 Å². The van der Waals surface area contributed by atoms with Crippen molar-refractivity contribution in [2.45, 2.75) is 25.4 Å². The second kappa shape index (κ2) is 6.99. The zero-order valence-electron chi connectivity index (χ0n) is 12.9. The number of halogens is 2. The molecule has 2 aromatic rings. The lowest BCUT2D eigenvalue weighted by atomic mass is 10.0. The van der Waals surface area contributed by atoms with Crippen LogP contribution in [0.5, 0.6) is 5.75 Å². The molecule has 5 nitrogen and oxygen atoms in total. The Balaban J connectivity index is 1.70. The molecule has 2 atom stereocenters. The van der Waals surface area contributed by atoms with Crippen molar-refractivity contribution >= 4 is 34.8 Å². The van der Waals surface area contributed by atoms with E-state index in [4.69, 9.17) is 23.2 Å². The molecule has 7 heteroatoms. The lowest BCUT2D eigenvalue weighted by Crippen LogP contribution is -2.39. The van der Waals surface area contributed by atoms with Gasteiger partial charge in [-0.05, 0) is 49.2 Å². The molecule has 1 saturated heterocycles. The van der Waals surface area contributed by atoms with Crippen molar-refractivity contribution < 1.29 is 9.90 Å². The Morgan fingerprint density at radius 3 is 2.67 bits per heavy atom. The number of aryl methyl sites for hydroxylation is 1. The van der Waals surface area contributed by atoms with Crippen molar-refractivity contribution in [3.8, 4) is 5.75 Å². The van der Waals surface area contributed by atoms with E-state index in [0.717, 1.165) is 5.56 Å². The molecule has 126 valence electrons. The topological polar surface area (TPSA) is 73.4 Å². The molecule has 1 aliphatic rings. The number of nitrogens with one attached hydrogen (secondary N) is 3. The normalized spacial score (nSPS) is 20.1. The van der Waals surface area contributed by atoms with Gasteiger partial charge in [-0.2, -0.15) is 0 Å². The first kappa shape index (κ1) is 17.0. The zero-order valence-corrected chi connectivity index (χ0v) is 14.4. The SMILES string of the molecule is Cc1ccc(Cl)cc1NC(=O)C1CC(c2cc(Cl)ccc2O)NN1. The molecular formula is C17H17Cl2N3O2. The van der Waals surface area contributed by atoms with E-state index >= 15 is 0 Å². The Morgan fingerprint density at radius 2 is 1.88 bits per heavy atom. The number of benzene rings is 2. The molecular weight excluding hydrogens is 349 g/mol. The van der Waals surface area contributed by atoms with Gasteiger partial charge in [0.05, 0.1) is 6.04 Å². The van der Waals surface area contributed by atoms with Gasteiger partial charge < -0.3 is 10.4 Å². The number of carbonyl (C=O) groups is 1. The Hall–Kier alpha value is -1.79. The average Bonchev–Trinajstić information content (AvgIpc) is 3.03. The van der Waals surface area contributed by atoms with Crippen LogP contribution in [0.3, 0.4) is 0 Å². The van der Waals surface area contributed by atoms with E-state index in [1.54, 1.807) is 30.3 Å². The summed E-state index contributed by atoms with van der Waals surface area (Å²) in [7, 11) is 0. The monoisotopic (exact) mass is 365 g/mol. The predicted molar refractivity (Wildman–Crippen MR) is 95.4 cm³/mol. The van der Waals surface area contributed by atoms with Crippen molar-refractivity contribution in [1.29, 1.82) is 0 Å². The van der Waals surface area contributed by atoms with Crippen LogP contribution < -0.4 is 16.2 Å². The highest BCUT2D eigenvalue weighted by Gasteiger charge is 2.31. The molecule has 3 rings (SSSR count). The van der Waals surface area contributed by atoms with Crippen molar-refractivity contribution in [1.82, 2.24) is 10.9 Å². The largest absolute Gasteiger partial charge is 0.508 e. The van der Waals surface area contributed by atoms with Crippen molar-refractivity contribution in [2.24, 2.45) is 0 Å². The van der Waals surface area contributed by atoms with Crippen LogP contribution in [0.1, 0.15) is 23.6 Å². The maximum atomic E-state index is 12.5. The van der Waals surface area contributed by atoms with Crippen molar-refractivity contribution in [3.63, 3.8) is 0 Å². The van der Waals surface area contributed by atoms with Crippen LogP contribution in [0.4, 0.5) is 5.69 Å². The molecule has 0 aliphatic carbocycles. The lowest BCUT2D eigenvalue weighted by molar-refractivity contribution is -0.117. The van der Waals surface area contributed by atoms with E-state index in [2.05, 4.69) is 16.2 Å². The molecule has 4 N–H and O–H groups in total. The first-order chi connectivity index (χ1) is 11.4. The fourth-order valence-corrected chi connectivity index (χ4v) is 3.04. The Morgan fingerprint density at radius 1 is 1.17 bits per heavy atom. The van der Waals surface area contributed by atoms with Crippen LogP contribution in [-0.4, -0.2) is 17.1 Å². The number of hydrazine groups is 1. The summed E-state index contributed by atoms with van der Waals surface area (Å²) >= 11 is 12.0. The Kier molecular flexibility index (Phi) is 4.96. The molecule has 24 heavy (non-hydrogen) atoms. The molecule has 0 aromatic heterocycles. The number of phenolic OH excluding ortho intramolecular Hbond substituents is 1. The van der Waals surface area contributed by atoms with Gasteiger partial charge in [-0.3, -0.25) is 4.79 Å². The summed E-state index contributed by atoms with van der Waals surface area (Å²) in [6.45, 7) is 1.90. The zero-order chi connectivity index (χ0) is 17.3. The molecule has 2 unspecified atom stereocenters. The van der Waals surface area contributed by atoms with Crippen LogP contribution >= 0.6 is 23.2 Å². The fourth-order valence-electron chi connectivity index (χ4n) is 2.69. The summed E-state index contributed by atoms with van der Waals surface area (Å²) in [6.07, 6.45) is 0.485. The summed E-state index contributed by atoms with van der Waals surface area (Å²) in [6, 6.07) is 9.56. The number of hydrogen-bond donors (Lipinski definition) is 4. The van der Waals surface area contributed by atoms with E-state index in [1.807, 2.05) is 13.0 Å². The summed E-state index contributed by atoms with van der Waals surface area (Å²) < 4.78 is 0. The highest BCUT2D eigenvalue weighted by molar-refractivity contribution is 6.31. The van der Waals surface area contributed by atoms with Crippen molar-refractivity contribution in [2.75, 3.05) is 5.32 Å². The number of carbonyl (C=O) groups excluding carboxylic acids is 1. The van der Waals surface area contributed by atoms with Crippen LogP contribution in [0.2, 0.25) is 10.0 Å². The average molecular weight is 366 g/mol. The number of phenols is 1. The maximum absolute atomic E-state index is 12.5. The van der Waals surface area contributed by atoms with Gasteiger partial charge in [0, 0.05) is 21.3 Å². The number of amides is 1. The standard InChI is InChI=1S/C17H17Cl2N3O2/c1-9-2-3-11(19)7-13(9)20-17(24)15-8-14(21-22-15)12-6-10(18)4-5-16(12)23/h2-7,14-15,21-23H,8H2,1H3,(H,20,24). The fraction of sp³-hybridized carbons (Fsp3) is 0.235. The third-order valence-corrected chi connectivity index (χ3v) is 4.51. The highest BCUT2D eigenvalue weighted by atomic mass is 35.5. The third-order valence-electron chi connectivity index (χ3n) is 4.04. The predicted octanol–water partition coefficient (Wildman–Crippen LogP) is 3.55. The Bertz CT molecular complexity index is 782. The van der Waals surface area contributed by atoms with E-state index < -0.39 is 6.04 Å². The number of hydrogen-bond acceptors (Lipinski definition) is 4. The quantitative estimate of drug-likeness (QED) is 0.670. The minimum atomic E-state index is -0.438. The lowest BCUT2D eigenvalue weighted by Gasteiger charge is -2.13. The molecule has 1 fully saturated rings. The summed E-state index contributed by atoms with van der Waals surface area (Å²) in [5, 5.41) is 14.0. The van der Waals surface area contributed by atoms with Gasteiger partial charge in [0.2, 0.25) is 5.91 Å². The van der Waals surface area contributed by atoms with Gasteiger partial charge in [-0.25, -0.2) is 10.9 Å². The molecule has 0 saturated carbocycles. The van der Waals surface area contributed by atoms with E-state index in [9.17, 15) is 9.90 Å². The second-order valence-electron chi connectivity index (χ2n) is 5.78. The van der Waals surface area contributed by atoms with Gasteiger partial charge in [-0.1, -0.05) is 29.3 Å². The minimum Gasteiger partial charge on any atom is -0.508 e. The number of rotatable bonds is 3. The van der Waals surface area contributed by atoms with Crippen LogP contribution in [-0.2, 0) is 4.79 Å². The number of aromatic hydroxyl groups is 1. The molecule has 1 heterocycles. The van der Waals surface area contributed by atoms with Gasteiger partial charge in [0.15, 0.2) is 0 Å². The summed E-state index contributed by atoms with van der Waals surface area (Å²) in [5.41, 5.74) is 8.26. The molecule has 2 aromatic carbocycles. The maximum Gasteiger partial charge on any atom is 0.242 e. The highest BCUT2D eigenvalue weighted by Crippen LogP contribution is 2.32. The van der Waals surface area contributed by atoms with E-state index in [1.165, 1.54) is 0 Å². The van der Waals surface area contributed by atoms with Gasteiger partial charge in [-0.15, -0.1) is 0 Å². The van der Waals surface area contributed by atoms with Gasteiger partial charge in [0.25, 0.3) is 0 Å².